The van der Waals surface area contributed by atoms with Crippen LogP contribution in [0.3, 0.4) is 0 Å². The smallest absolute Gasteiger partial charge is 0.408 e. The highest BCUT2D eigenvalue weighted by molar-refractivity contribution is 7.61. The molecule has 3 nitrogen and oxygen atoms in total. The average molecular weight is 300 g/mol. The maximum Gasteiger partial charge on any atom is 0.408 e. The molecule has 0 saturated carbocycles. The van der Waals surface area contributed by atoms with Crippen LogP contribution in [0.4, 0.5) is 0 Å². The summed E-state index contributed by atoms with van der Waals surface area (Å²) in [6.45, 7) is 0. The van der Waals surface area contributed by atoms with Gasteiger partial charge in [-0.1, -0.05) is 36.4 Å². The normalized spacial score (nSPS) is 12.5. The van der Waals surface area contributed by atoms with Crippen LogP contribution in [0.2, 0.25) is 0 Å². The Morgan fingerprint density at radius 3 is 1.83 bits per heavy atom. The Kier molecular flexibility index (Phi) is 7.02. The molecule has 0 aliphatic rings. The Labute approximate surface area is 118 Å². The number of rotatable bonds is 3. The van der Waals surface area contributed by atoms with Crippen LogP contribution in [-0.4, -0.2) is 15.9 Å². The minimum atomic E-state index is -3.77. The molecular formula is C12H17O3PSSi. The van der Waals surface area contributed by atoms with Crippen molar-refractivity contribution in [2.24, 2.45) is 0 Å². The fourth-order valence-corrected chi connectivity index (χ4v) is 2.36. The van der Waals surface area contributed by atoms with Gasteiger partial charge in [0, 0.05) is 0 Å². The summed E-state index contributed by atoms with van der Waals surface area (Å²) in [4.78, 5) is 9.77. The molecular weight excluding hydrogens is 283 g/mol. The van der Waals surface area contributed by atoms with Crippen LogP contribution in [0.1, 0.15) is 0 Å². The largest absolute Gasteiger partial charge is 0.421 e. The van der Waals surface area contributed by atoms with Gasteiger partial charge in [-0.05, 0) is 35.2 Å². The topological polar surface area (TPSA) is 46.5 Å². The molecule has 1 atom stereocenters. The molecule has 0 aliphatic heterocycles. The SMILES string of the molecule is O=P(O)(Oc1ccccc1)c1ccccc1.S.[SiH4]. The first kappa shape index (κ1) is 17.0. The van der Waals surface area contributed by atoms with Gasteiger partial charge in [0.1, 0.15) is 5.75 Å². The molecule has 2 aromatic rings. The predicted octanol–water partition coefficient (Wildman–Crippen LogP) is 1.24. The first-order valence-corrected chi connectivity index (χ1v) is 6.39. The summed E-state index contributed by atoms with van der Waals surface area (Å²) in [7, 11) is -3.77. The summed E-state index contributed by atoms with van der Waals surface area (Å²) < 4.78 is 17.0. The molecule has 0 bridgehead atoms. The van der Waals surface area contributed by atoms with E-state index in [1.54, 1.807) is 54.6 Å². The lowest BCUT2D eigenvalue weighted by atomic mass is 10.3. The third-order valence-electron chi connectivity index (χ3n) is 2.05. The average Bonchev–Trinajstić information content (AvgIpc) is 2.31. The summed E-state index contributed by atoms with van der Waals surface area (Å²) in [5, 5.41) is 0.291. The van der Waals surface area contributed by atoms with Crippen LogP contribution in [0.15, 0.2) is 60.7 Å². The lowest BCUT2D eigenvalue weighted by molar-refractivity contribution is 0.393. The van der Waals surface area contributed by atoms with Crippen LogP contribution in [0.25, 0.3) is 0 Å². The molecule has 98 valence electrons. The van der Waals surface area contributed by atoms with E-state index in [9.17, 15) is 9.46 Å². The number of benzene rings is 2. The zero-order valence-electron chi connectivity index (χ0n) is 8.98. The summed E-state index contributed by atoms with van der Waals surface area (Å²) in [6.07, 6.45) is 0. The van der Waals surface area contributed by atoms with Crippen molar-refractivity contribution in [3.8, 4) is 5.75 Å². The molecule has 1 unspecified atom stereocenters. The van der Waals surface area contributed by atoms with Crippen molar-refractivity contribution in [2.75, 3.05) is 0 Å². The van der Waals surface area contributed by atoms with Gasteiger partial charge in [0.15, 0.2) is 0 Å². The molecule has 0 aromatic heterocycles. The highest BCUT2D eigenvalue weighted by Crippen LogP contribution is 2.41. The third-order valence-corrected chi connectivity index (χ3v) is 3.46. The standard InChI is InChI=1S/C12H11O3P.H2S.H4Si/c13-16(14,12-9-5-2-6-10-12)15-11-7-3-1-4-8-11;;/h1-10H,(H,13,14);1H2;1H4. The van der Waals surface area contributed by atoms with Crippen molar-refractivity contribution in [3.05, 3.63) is 60.7 Å². The second kappa shape index (κ2) is 7.44. The molecule has 0 radical (unpaired) electrons. The first-order chi connectivity index (χ1) is 7.68. The highest BCUT2D eigenvalue weighted by Gasteiger charge is 2.23. The number of hydrogen-bond acceptors (Lipinski definition) is 2. The van der Waals surface area contributed by atoms with Gasteiger partial charge in [-0.25, -0.2) is 4.57 Å². The van der Waals surface area contributed by atoms with Crippen molar-refractivity contribution >= 4 is 37.4 Å². The molecule has 0 heterocycles. The van der Waals surface area contributed by atoms with Gasteiger partial charge < -0.3 is 9.42 Å². The van der Waals surface area contributed by atoms with Crippen LogP contribution in [0, 0.1) is 0 Å². The number of hydrogen-bond donors (Lipinski definition) is 1. The van der Waals surface area contributed by atoms with E-state index in [0.29, 0.717) is 11.1 Å². The Balaban J connectivity index is 0.00000144. The molecule has 18 heavy (non-hydrogen) atoms. The van der Waals surface area contributed by atoms with Gasteiger partial charge in [-0.2, -0.15) is 13.5 Å². The van der Waals surface area contributed by atoms with Gasteiger partial charge in [0.2, 0.25) is 0 Å². The Bertz CT molecular complexity index is 507. The Morgan fingerprint density at radius 1 is 0.889 bits per heavy atom. The summed E-state index contributed by atoms with van der Waals surface area (Å²) in [6, 6.07) is 16.9. The van der Waals surface area contributed by atoms with Gasteiger partial charge in [-0.15, -0.1) is 0 Å². The third kappa shape index (κ3) is 4.35. The van der Waals surface area contributed by atoms with Crippen LogP contribution in [0.5, 0.6) is 5.75 Å². The summed E-state index contributed by atoms with van der Waals surface area (Å²) >= 11 is 0. The minimum absolute atomic E-state index is 0. The minimum Gasteiger partial charge on any atom is -0.421 e. The monoisotopic (exact) mass is 300 g/mol. The number of para-hydroxylation sites is 1. The Morgan fingerprint density at radius 2 is 1.33 bits per heavy atom. The lowest BCUT2D eigenvalue weighted by Crippen LogP contribution is -2.08. The van der Waals surface area contributed by atoms with Crippen molar-refractivity contribution < 1.29 is 14.0 Å². The van der Waals surface area contributed by atoms with E-state index >= 15 is 0 Å². The quantitative estimate of drug-likeness (QED) is 0.685. The van der Waals surface area contributed by atoms with Gasteiger partial charge >= 0.3 is 7.60 Å². The summed E-state index contributed by atoms with van der Waals surface area (Å²) in [5.74, 6) is 0.386. The zero-order chi connectivity index (χ0) is 11.4. The first-order valence-electron chi connectivity index (χ1n) is 4.81. The van der Waals surface area contributed by atoms with E-state index in [1.807, 2.05) is 6.07 Å². The van der Waals surface area contributed by atoms with E-state index in [1.165, 1.54) is 0 Å². The molecule has 1 N–H and O–H groups in total. The second-order valence-electron chi connectivity index (χ2n) is 3.26. The molecule has 0 aliphatic carbocycles. The molecule has 2 aromatic carbocycles. The van der Waals surface area contributed by atoms with Crippen LogP contribution < -0.4 is 9.83 Å². The van der Waals surface area contributed by atoms with E-state index < -0.39 is 7.60 Å². The zero-order valence-corrected chi connectivity index (χ0v) is 10.9. The van der Waals surface area contributed by atoms with E-state index in [-0.39, 0.29) is 24.5 Å². The van der Waals surface area contributed by atoms with E-state index in [0.717, 1.165) is 0 Å². The molecule has 0 amide bonds. The van der Waals surface area contributed by atoms with E-state index in [2.05, 4.69) is 0 Å². The van der Waals surface area contributed by atoms with Crippen LogP contribution in [-0.2, 0) is 4.57 Å². The van der Waals surface area contributed by atoms with Gasteiger partial charge in [0.25, 0.3) is 0 Å². The fraction of sp³-hybridized carbons (Fsp3) is 0. The van der Waals surface area contributed by atoms with Gasteiger partial charge in [0.05, 0.1) is 5.30 Å². The molecule has 0 saturated heterocycles. The maximum atomic E-state index is 11.9. The second-order valence-corrected chi connectivity index (χ2v) is 5.00. The predicted molar refractivity (Wildman–Crippen MR) is 84.7 cm³/mol. The molecule has 6 heteroatoms. The van der Waals surface area contributed by atoms with Crippen molar-refractivity contribution in [1.82, 2.24) is 0 Å². The summed E-state index contributed by atoms with van der Waals surface area (Å²) in [5.41, 5.74) is 0. The Hall–Kier alpha value is -1.00. The van der Waals surface area contributed by atoms with Gasteiger partial charge in [-0.3, -0.25) is 0 Å². The molecule has 2 rings (SSSR count). The molecule has 0 fully saturated rings. The highest BCUT2D eigenvalue weighted by atomic mass is 32.1. The van der Waals surface area contributed by atoms with E-state index in [4.69, 9.17) is 4.52 Å². The van der Waals surface area contributed by atoms with Crippen LogP contribution >= 0.6 is 21.1 Å². The van der Waals surface area contributed by atoms with Crippen molar-refractivity contribution in [3.63, 3.8) is 0 Å². The van der Waals surface area contributed by atoms with Crippen molar-refractivity contribution in [2.45, 2.75) is 0 Å². The maximum absolute atomic E-state index is 11.9. The van der Waals surface area contributed by atoms with Crippen molar-refractivity contribution in [1.29, 1.82) is 0 Å². The fourth-order valence-electron chi connectivity index (χ4n) is 1.29. The lowest BCUT2D eigenvalue weighted by Gasteiger charge is -2.12. The molecule has 0 spiro atoms.